The Morgan fingerprint density at radius 2 is 2.19 bits per heavy atom. The van der Waals surface area contributed by atoms with Crippen molar-refractivity contribution >= 4 is 17.4 Å². The molecule has 1 aromatic heterocycles. The second-order valence-corrected chi connectivity index (χ2v) is 5.41. The fourth-order valence-corrected chi connectivity index (χ4v) is 2.93. The van der Waals surface area contributed by atoms with E-state index in [2.05, 4.69) is 15.5 Å². The number of Topliss-reactive ketones (excluding diaryl/α,β-unsaturated/α-hetero) is 1. The lowest BCUT2D eigenvalue weighted by atomic mass is 10.0. The Morgan fingerprint density at radius 1 is 1.33 bits per heavy atom. The third-order valence-corrected chi connectivity index (χ3v) is 4.06. The second-order valence-electron chi connectivity index (χ2n) is 5.00. The fraction of sp³-hybridized carbons (Fsp3) is 0.385. The monoisotopic (exact) mass is 306 g/mol. The SMILES string of the molecule is O=C1C[C@H](n2nnnc2-c2ccccc2Cl)[C@@H]2CO[C@H]1O2. The average Bonchev–Trinajstić information content (AvgIpc) is 3.12. The van der Waals surface area contributed by atoms with Gasteiger partial charge in [-0.1, -0.05) is 23.7 Å². The summed E-state index contributed by atoms with van der Waals surface area (Å²) in [6, 6.07) is 7.02. The highest BCUT2D eigenvalue weighted by molar-refractivity contribution is 6.33. The Hall–Kier alpha value is -1.83. The van der Waals surface area contributed by atoms with Crippen molar-refractivity contribution in [3.8, 4) is 11.4 Å². The van der Waals surface area contributed by atoms with Crippen molar-refractivity contribution in [1.82, 2.24) is 20.2 Å². The molecule has 0 spiro atoms. The summed E-state index contributed by atoms with van der Waals surface area (Å²) in [7, 11) is 0. The third kappa shape index (κ3) is 2.05. The molecule has 4 rings (SSSR count). The first-order chi connectivity index (χ1) is 10.2. The van der Waals surface area contributed by atoms with Crippen molar-refractivity contribution in [1.29, 1.82) is 0 Å². The van der Waals surface area contributed by atoms with E-state index in [1.165, 1.54) is 0 Å². The van der Waals surface area contributed by atoms with Crippen LogP contribution in [0.1, 0.15) is 12.5 Å². The molecule has 0 saturated carbocycles. The van der Waals surface area contributed by atoms with Crippen LogP contribution in [0.15, 0.2) is 24.3 Å². The summed E-state index contributed by atoms with van der Waals surface area (Å²) in [5, 5.41) is 12.3. The van der Waals surface area contributed by atoms with Gasteiger partial charge in [0, 0.05) is 12.0 Å². The van der Waals surface area contributed by atoms with Gasteiger partial charge in [-0.15, -0.1) is 5.10 Å². The van der Waals surface area contributed by atoms with Gasteiger partial charge in [-0.25, -0.2) is 4.68 Å². The second kappa shape index (κ2) is 4.87. The van der Waals surface area contributed by atoms with Crippen LogP contribution >= 0.6 is 11.6 Å². The predicted octanol–water partition coefficient (Wildman–Crippen LogP) is 1.25. The maximum Gasteiger partial charge on any atom is 0.218 e. The Kier molecular flexibility index (Phi) is 2.99. The number of ether oxygens (including phenoxy) is 2. The number of halogens is 1. The zero-order chi connectivity index (χ0) is 14.4. The maximum absolute atomic E-state index is 11.9. The highest BCUT2D eigenvalue weighted by Crippen LogP contribution is 2.35. The highest BCUT2D eigenvalue weighted by atomic mass is 35.5. The van der Waals surface area contributed by atoms with Crippen molar-refractivity contribution in [3.63, 3.8) is 0 Å². The lowest BCUT2D eigenvalue weighted by molar-refractivity contribution is -0.156. The van der Waals surface area contributed by atoms with Crippen LogP contribution in [0.4, 0.5) is 0 Å². The minimum absolute atomic E-state index is 0.0886. The third-order valence-electron chi connectivity index (χ3n) is 3.73. The summed E-state index contributed by atoms with van der Waals surface area (Å²) in [5.41, 5.74) is 0.720. The maximum atomic E-state index is 11.9. The lowest BCUT2D eigenvalue weighted by Crippen LogP contribution is -2.37. The number of fused-ring (bicyclic) bond motifs is 2. The average molecular weight is 307 g/mol. The fourth-order valence-electron chi connectivity index (χ4n) is 2.70. The van der Waals surface area contributed by atoms with E-state index in [-0.39, 0.29) is 24.3 Å². The molecule has 0 amide bonds. The molecule has 0 unspecified atom stereocenters. The Labute approximate surface area is 124 Å². The van der Waals surface area contributed by atoms with Crippen molar-refractivity contribution in [2.45, 2.75) is 24.9 Å². The number of hydrogen-bond acceptors (Lipinski definition) is 6. The van der Waals surface area contributed by atoms with E-state index in [1.54, 1.807) is 10.7 Å². The first-order valence-corrected chi connectivity index (χ1v) is 6.94. The molecule has 0 radical (unpaired) electrons. The standard InChI is InChI=1S/C13H11ClN4O3/c14-8-4-2-1-3-7(8)12-15-16-17-18(12)9-5-10(19)13-20-6-11(9)21-13/h1-4,9,11,13H,5-6H2/t9-,11-,13-/m0/s1. The van der Waals surface area contributed by atoms with Gasteiger partial charge in [0.05, 0.1) is 17.7 Å². The van der Waals surface area contributed by atoms with E-state index >= 15 is 0 Å². The Balaban J connectivity index is 1.76. The van der Waals surface area contributed by atoms with E-state index in [9.17, 15) is 4.79 Å². The highest BCUT2D eigenvalue weighted by Gasteiger charge is 2.45. The molecular formula is C13H11ClN4O3. The number of carbonyl (C=O) groups excluding carboxylic acids is 1. The van der Waals surface area contributed by atoms with E-state index in [4.69, 9.17) is 21.1 Å². The van der Waals surface area contributed by atoms with E-state index < -0.39 is 6.29 Å². The van der Waals surface area contributed by atoms with Crippen LogP contribution in [0.5, 0.6) is 0 Å². The lowest BCUT2D eigenvalue weighted by Gasteiger charge is -2.26. The van der Waals surface area contributed by atoms with Crippen LogP contribution in [0.3, 0.4) is 0 Å². The molecule has 1 aromatic carbocycles. The van der Waals surface area contributed by atoms with Gasteiger partial charge in [0.2, 0.25) is 6.29 Å². The minimum atomic E-state index is -0.730. The molecule has 2 aliphatic rings. The molecule has 3 atom stereocenters. The molecule has 8 heteroatoms. The Bertz CT molecular complexity index is 704. The van der Waals surface area contributed by atoms with Gasteiger partial charge in [0.25, 0.3) is 0 Å². The number of tetrazole rings is 1. The molecular weight excluding hydrogens is 296 g/mol. The zero-order valence-corrected chi connectivity index (χ0v) is 11.6. The van der Waals surface area contributed by atoms with Crippen molar-refractivity contribution in [3.05, 3.63) is 29.3 Å². The van der Waals surface area contributed by atoms with Gasteiger partial charge in [-0.2, -0.15) is 0 Å². The van der Waals surface area contributed by atoms with E-state index in [0.717, 1.165) is 5.56 Å². The molecule has 2 fully saturated rings. The summed E-state index contributed by atoms with van der Waals surface area (Å²) in [6.07, 6.45) is -0.665. The van der Waals surface area contributed by atoms with Gasteiger partial charge in [0.15, 0.2) is 11.6 Å². The molecule has 7 nitrogen and oxygen atoms in total. The van der Waals surface area contributed by atoms with Gasteiger partial charge < -0.3 is 9.47 Å². The number of aromatic nitrogens is 4. The van der Waals surface area contributed by atoms with Crippen molar-refractivity contribution in [2.75, 3.05) is 6.61 Å². The molecule has 0 aliphatic carbocycles. The largest absolute Gasteiger partial charge is 0.343 e. The number of rotatable bonds is 2. The van der Waals surface area contributed by atoms with Crippen LogP contribution in [0, 0.1) is 0 Å². The van der Waals surface area contributed by atoms with Crippen LogP contribution in [0.2, 0.25) is 5.02 Å². The number of carbonyl (C=O) groups is 1. The normalized spacial score (nSPS) is 28.0. The smallest absolute Gasteiger partial charge is 0.218 e. The molecule has 2 aliphatic heterocycles. The molecule has 2 aromatic rings. The molecule has 2 bridgehead atoms. The molecule has 21 heavy (non-hydrogen) atoms. The van der Waals surface area contributed by atoms with Gasteiger partial charge in [-0.05, 0) is 22.6 Å². The Morgan fingerprint density at radius 3 is 3.05 bits per heavy atom. The number of nitrogens with zero attached hydrogens (tertiary/aromatic N) is 4. The van der Waals surface area contributed by atoms with Crippen LogP contribution < -0.4 is 0 Å². The summed E-state index contributed by atoms with van der Waals surface area (Å²) in [6.45, 7) is 0.364. The molecule has 2 saturated heterocycles. The predicted molar refractivity (Wildman–Crippen MR) is 71.5 cm³/mol. The van der Waals surface area contributed by atoms with Gasteiger partial charge in [-0.3, -0.25) is 4.79 Å². The summed E-state index contributed by atoms with van der Waals surface area (Å²) in [4.78, 5) is 11.9. The molecule has 108 valence electrons. The topological polar surface area (TPSA) is 79.1 Å². The quantitative estimate of drug-likeness (QED) is 0.831. The minimum Gasteiger partial charge on any atom is -0.343 e. The van der Waals surface area contributed by atoms with Crippen LogP contribution in [0.25, 0.3) is 11.4 Å². The summed E-state index contributed by atoms with van der Waals surface area (Å²) < 4.78 is 12.5. The summed E-state index contributed by atoms with van der Waals surface area (Å²) >= 11 is 6.20. The van der Waals surface area contributed by atoms with Crippen LogP contribution in [-0.2, 0) is 14.3 Å². The first kappa shape index (κ1) is 12.9. The van der Waals surface area contributed by atoms with Gasteiger partial charge >= 0.3 is 0 Å². The number of benzene rings is 1. The van der Waals surface area contributed by atoms with E-state index in [0.29, 0.717) is 17.5 Å². The molecule has 0 N–H and O–H groups in total. The van der Waals surface area contributed by atoms with Gasteiger partial charge in [0.1, 0.15) is 6.10 Å². The summed E-state index contributed by atoms with van der Waals surface area (Å²) in [5.74, 6) is 0.432. The first-order valence-electron chi connectivity index (χ1n) is 6.56. The van der Waals surface area contributed by atoms with Crippen LogP contribution in [-0.4, -0.2) is 45.0 Å². The number of hydrogen-bond donors (Lipinski definition) is 0. The van der Waals surface area contributed by atoms with Crippen molar-refractivity contribution in [2.24, 2.45) is 0 Å². The molecule has 3 heterocycles. The van der Waals surface area contributed by atoms with E-state index in [1.807, 2.05) is 18.2 Å². The number of ketones is 1. The van der Waals surface area contributed by atoms with Crippen molar-refractivity contribution < 1.29 is 14.3 Å². The zero-order valence-electron chi connectivity index (χ0n) is 10.8.